The first-order chi connectivity index (χ1) is 2.00. The number of hydrogen-bond acceptors (Lipinski definition) is 1. The van der Waals surface area contributed by atoms with Crippen LogP contribution in [0.4, 0.5) is 0 Å². The zero-order chi connectivity index (χ0) is 4.50. The van der Waals surface area contributed by atoms with E-state index in [1.807, 2.05) is 0 Å². The topological polar surface area (TPSA) is 77.8 Å². The van der Waals surface area contributed by atoms with Crippen LogP contribution in [0.25, 0.3) is 0 Å². The van der Waals surface area contributed by atoms with Crippen LogP contribution >= 0.6 is 17.7 Å². The molecule has 0 aliphatic heterocycles. The van der Waals surface area contributed by atoms with Crippen molar-refractivity contribution in [3.63, 3.8) is 0 Å². The number of hydrogen-bond donors (Lipinski definition) is 3. The lowest BCUT2D eigenvalue weighted by atomic mass is 15.8. The monoisotopic (exact) mass is 158 g/mol. The first kappa shape index (κ1) is 15.7. The van der Waals surface area contributed by atoms with Crippen LogP contribution in [0, 0.1) is 0 Å². The summed E-state index contributed by atoms with van der Waals surface area (Å²) in [4.78, 5) is 21.6. The van der Waals surface area contributed by atoms with Gasteiger partial charge < -0.3 is 14.7 Å². The second-order valence-corrected chi connectivity index (χ2v) is 1.54. The molecular weight excluding hydrogens is 150 g/mol. The fourth-order valence-electron chi connectivity index (χ4n) is 0. The Morgan fingerprint density at radius 2 is 1.14 bits per heavy atom. The molecule has 0 aromatic carbocycles. The van der Waals surface area contributed by atoms with Gasteiger partial charge >= 0.3 is 30.9 Å². The predicted molar refractivity (Wildman–Crippen MR) is 33.9 cm³/mol. The van der Waals surface area contributed by atoms with Gasteiger partial charge in [0.2, 0.25) is 0 Å². The van der Waals surface area contributed by atoms with Crippen molar-refractivity contribution in [2.45, 2.75) is 0 Å². The fraction of sp³-hybridized carbons (Fsp3) is 0. The molecule has 0 amide bonds. The minimum Gasteiger partial charge on any atom is -0.303 e. The van der Waals surface area contributed by atoms with Gasteiger partial charge in [0.05, 0.1) is 0 Å². The molecule has 3 N–H and O–H groups in total. The summed E-state index contributed by atoms with van der Waals surface area (Å²) in [7, 11) is -4.64. The third kappa shape index (κ3) is 121. The minimum absolute atomic E-state index is 0. The molecule has 1 unspecified atom stereocenters. The van der Waals surface area contributed by atoms with E-state index in [9.17, 15) is 0 Å². The van der Waals surface area contributed by atoms with Gasteiger partial charge in [-0.25, -0.2) is 4.57 Å². The average Bonchev–Trinajstić information content (AvgIpc) is 0.722. The highest BCUT2D eigenvalue weighted by molar-refractivity contribution is 7.45. The Kier molecular flexibility index (Phi) is 12.2. The van der Waals surface area contributed by atoms with Crippen LogP contribution in [0.5, 0.6) is 0 Å². The van der Waals surface area contributed by atoms with Crippen molar-refractivity contribution in [2.24, 2.45) is 0 Å². The normalized spacial score (nSPS) is 8.43. The molecule has 4 nitrogen and oxygen atoms in total. The first-order valence-electron chi connectivity index (χ1n) is 0.783. The largest absolute Gasteiger partial charge is 0.466 e. The molecule has 0 spiro atoms. The van der Waals surface area contributed by atoms with Crippen molar-refractivity contribution in [2.75, 3.05) is 0 Å². The molecule has 0 rings (SSSR count). The van der Waals surface area contributed by atoms with Crippen molar-refractivity contribution in [3.8, 4) is 0 Å². The van der Waals surface area contributed by atoms with E-state index in [2.05, 4.69) is 0 Å². The van der Waals surface area contributed by atoms with E-state index >= 15 is 0 Å². The smallest absolute Gasteiger partial charge is 0.303 e. The number of rotatable bonds is 0. The van der Waals surface area contributed by atoms with Gasteiger partial charge in [0, 0.05) is 0 Å². The van der Waals surface area contributed by atoms with Gasteiger partial charge in [0.15, 0.2) is 0 Å². The maximum Gasteiger partial charge on any atom is 0.466 e. The van der Waals surface area contributed by atoms with Gasteiger partial charge in [-0.2, -0.15) is 9.90 Å². The molecule has 0 radical (unpaired) electrons. The maximum absolute atomic E-state index is 8.88. The summed E-state index contributed by atoms with van der Waals surface area (Å²) in [6, 6.07) is 0. The van der Waals surface area contributed by atoms with E-state index in [1.165, 1.54) is 0 Å². The fourth-order valence-corrected chi connectivity index (χ4v) is 0. The lowest BCUT2D eigenvalue weighted by Crippen LogP contribution is -1.66. The van der Waals surface area contributed by atoms with Gasteiger partial charge in [0.25, 0.3) is 0 Å². The second-order valence-electron chi connectivity index (χ2n) is 0.513. The first-order valence-corrected chi connectivity index (χ1v) is 2.35. The lowest BCUT2D eigenvalue weighted by Gasteiger charge is -1.82. The van der Waals surface area contributed by atoms with Crippen LogP contribution in [0.1, 0.15) is 0 Å². The Morgan fingerprint density at radius 3 is 1.14 bits per heavy atom. The van der Waals surface area contributed by atoms with E-state index in [1.54, 1.807) is 0 Å². The summed E-state index contributed by atoms with van der Waals surface area (Å²) in [6.45, 7) is 0. The van der Waals surface area contributed by atoms with Crippen LogP contribution < -0.4 is 0 Å². The predicted octanol–water partition coefficient (Wildman–Crippen LogP) is -1.79. The SMILES string of the molecule is O=P(O)(O)O.P.[MgH2]. The van der Waals surface area contributed by atoms with Gasteiger partial charge in [-0.15, -0.1) is 0 Å². The van der Waals surface area contributed by atoms with Gasteiger partial charge in [-0.3, -0.25) is 0 Å². The quantitative estimate of drug-likeness (QED) is 0.287. The maximum atomic E-state index is 8.88. The molecule has 7 heavy (non-hydrogen) atoms. The van der Waals surface area contributed by atoms with E-state index in [-0.39, 0.29) is 33.0 Å². The van der Waals surface area contributed by atoms with Gasteiger partial charge in [-0.1, -0.05) is 0 Å². The molecule has 0 saturated carbocycles. The highest BCUT2D eigenvalue weighted by Gasteiger charge is 2.00. The van der Waals surface area contributed by atoms with Crippen LogP contribution in [0.15, 0.2) is 0 Å². The third-order valence-corrected chi connectivity index (χ3v) is 0. The van der Waals surface area contributed by atoms with Crippen LogP contribution in [-0.2, 0) is 4.57 Å². The van der Waals surface area contributed by atoms with Crippen molar-refractivity contribution < 1.29 is 19.2 Å². The van der Waals surface area contributed by atoms with Gasteiger partial charge in [0.1, 0.15) is 0 Å². The standard InChI is InChI=1S/Mg.H3O4P.H3P.2H/c;1-5(2,3)4;;;/h;(H3,1,2,3,4);1H3;;. The van der Waals surface area contributed by atoms with Crippen molar-refractivity contribution in [1.29, 1.82) is 0 Å². The zero-order valence-corrected chi connectivity index (χ0v) is 5.21. The molecule has 7 heteroatoms. The molecule has 0 heterocycles. The Bertz CT molecular complexity index is 55.8. The molecule has 44 valence electrons. The minimum atomic E-state index is -4.64. The molecule has 0 bridgehead atoms. The Balaban J connectivity index is -0.0000000800. The van der Waals surface area contributed by atoms with Gasteiger partial charge in [-0.05, 0) is 0 Å². The highest BCUT2D eigenvalue weighted by atomic mass is 31.2. The molecule has 0 fully saturated rings. The average molecular weight is 158 g/mol. The molecule has 0 aliphatic rings. The van der Waals surface area contributed by atoms with E-state index in [4.69, 9.17) is 19.2 Å². The molecule has 0 aliphatic carbocycles. The molecule has 0 aromatic heterocycles. The summed E-state index contributed by atoms with van der Waals surface area (Å²) in [5.41, 5.74) is 0. The lowest BCUT2D eigenvalue weighted by molar-refractivity contribution is 0.275. The summed E-state index contributed by atoms with van der Waals surface area (Å²) in [5.74, 6) is 0. The molecule has 0 aromatic rings. The van der Waals surface area contributed by atoms with E-state index in [0.717, 1.165) is 0 Å². The highest BCUT2D eigenvalue weighted by Crippen LogP contribution is 2.25. The third-order valence-electron chi connectivity index (χ3n) is 0. The van der Waals surface area contributed by atoms with Crippen LogP contribution in [0.2, 0.25) is 0 Å². The number of phosphoric acid groups is 1. The molecule has 1 atom stereocenters. The zero-order valence-electron chi connectivity index (χ0n) is 2.90. The van der Waals surface area contributed by atoms with Crippen LogP contribution in [0.3, 0.4) is 0 Å². The summed E-state index contributed by atoms with van der Waals surface area (Å²) in [6.07, 6.45) is 0. The summed E-state index contributed by atoms with van der Waals surface area (Å²) in [5, 5.41) is 0. The van der Waals surface area contributed by atoms with E-state index in [0.29, 0.717) is 0 Å². The van der Waals surface area contributed by atoms with E-state index < -0.39 is 7.82 Å². The second kappa shape index (κ2) is 5.44. The molecular formula is H8MgO4P2. The Hall–Kier alpha value is 1.31. The summed E-state index contributed by atoms with van der Waals surface area (Å²) < 4.78 is 8.88. The Labute approximate surface area is 60.3 Å². The van der Waals surface area contributed by atoms with Crippen LogP contribution in [-0.4, -0.2) is 37.7 Å². The molecule has 0 saturated heterocycles. The Morgan fingerprint density at radius 1 is 1.14 bits per heavy atom. The van der Waals surface area contributed by atoms with Crippen molar-refractivity contribution in [3.05, 3.63) is 0 Å². The summed E-state index contributed by atoms with van der Waals surface area (Å²) >= 11 is 0. The van der Waals surface area contributed by atoms with Crippen molar-refractivity contribution >= 4 is 40.8 Å². The van der Waals surface area contributed by atoms with Crippen molar-refractivity contribution in [1.82, 2.24) is 0 Å².